The smallest absolute Gasteiger partial charge is 0.343 e. The Kier molecular flexibility index (Phi) is 11.9. The molecule has 0 heterocycles. The number of hydrogen-bond acceptors (Lipinski definition) is 11. The SMILES string of the molecule is C=C(CO)C(=O)OCCOc1ccc2c(c1)C(C)c1cc(OC(=O)c3ccc(OCCCOC(=O)C(=C)CC(=O)OC)cc3)ccc1-2. The van der Waals surface area contributed by atoms with Crippen molar-refractivity contribution in [3.05, 3.63) is 102 Å². The Morgan fingerprint density at radius 2 is 1.30 bits per heavy atom. The van der Waals surface area contributed by atoms with Crippen molar-refractivity contribution in [2.45, 2.75) is 25.7 Å². The molecule has 1 aliphatic rings. The monoisotopic (exact) mass is 644 g/mol. The summed E-state index contributed by atoms with van der Waals surface area (Å²) in [5.41, 5.74) is 4.52. The molecule has 0 amide bonds. The minimum absolute atomic E-state index is 0.0159. The van der Waals surface area contributed by atoms with E-state index in [1.165, 1.54) is 7.11 Å². The summed E-state index contributed by atoms with van der Waals surface area (Å²) in [4.78, 5) is 47.6. The van der Waals surface area contributed by atoms with Crippen LogP contribution in [0.1, 0.15) is 47.2 Å². The van der Waals surface area contributed by atoms with Gasteiger partial charge >= 0.3 is 23.9 Å². The van der Waals surface area contributed by atoms with Crippen molar-refractivity contribution in [2.75, 3.05) is 40.1 Å². The van der Waals surface area contributed by atoms with Gasteiger partial charge in [0.2, 0.25) is 0 Å². The number of fused-ring (bicyclic) bond motifs is 3. The molecule has 0 saturated carbocycles. The largest absolute Gasteiger partial charge is 0.493 e. The topological polar surface area (TPSA) is 144 Å². The maximum Gasteiger partial charge on any atom is 0.343 e. The van der Waals surface area contributed by atoms with Crippen LogP contribution in [0.3, 0.4) is 0 Å². The molecule has 11 heteroatoms. The van der Waals surface area contributed by atoms with Gasteiger partial charge in [-0.2, -0.15) is 0 Å². The average Bonchev–Trinajstić information content (AvgIpc) is 3.35. The van der Waals surface area contributed by atoms with Crippen molar-refractivity contribution in [1.29, 1.82) is 0 Å². The number of aliphatic hydroxyl groups is 1. The molecule has 1 unspecified atom stereocenters. The fraction of sp³-hybridized carbons (Fsp3) is 0.278. The first-order valence-corrected chi connectivity index (χ1v) is 14.8. The third-order valence-electron chi connectivity index (χ3n) is 7.30. The molecule has 0 radical (unpaired) electrons. The third kappa shape index (κ3) is 9.08. The number of ether oxygens (including phenoxy) is 6. The lowest BCUT2D eigenvalue weighted by atomic mass is 9.99. The molecule has 11 nitrogen and oxygen atoms in total. The Balaban J connectivity index is 1.24. The van der Waals surface area contributed by atoms with Gasteiger partial charge in [0, 0.05) is 17.9 Å². The van der Waals surface area contributed by atoms with Crippen LogP contribution in [0, 0.1) is 0 Å². The van der Waals surface area contributed by atoms with Crippen LogP contribution in [0.15, 0.2) is 85.0 Å². The molecular formula is C36H36O11. The summed E-state index contributed by atoms with van der Waals surface area (Å²) in [6, 6.07) is 17.8. The van der Waals surface area contributed by atoms with E-state index in [2.05, 4.69) is 24.8 Å². The van der Waals surface area contributed by atoms with E-state index in [4.69, 9.17) is 28.8 Å². The molecule has 1 aliphatic carbocycles. The molecule has 47 heavy (non-hydrogen) atoms. The number of methoxy groups -OCH3 is 1. The van der Waals surface area contributed by atoms with E-state index in [1.54, 1.807) is 30.3 Å². The minimum Gasteiger partial charge on any atom is -0.493 e. The van der Waals surface area contributed by atoms with E-state index >= 15 is 0 Å². The third-order valence-corrected chi connectivity index (χ3v) is 7.30. The van der Waals surface area contributed by atoms with Gasteiger partial charge in [0.1, 0.15) is 30.5 Å². The Morgan fingerprint density at radius 3 is 1.96 bits per heavy atom. The lowest BCUT2D eigenvalue weighted by Crippen LogP contribution is -2.15. The number of rotatable bonds is 16. The van der Waals surface area contributed by atoms with Crippen molar-refractivity contribution in [3.63, 3.8) is 0 Å². The Hall–Kier alpha value is -5.42. The van der Waals surface area contributed by atoms with E-state index in [9.17, 15) is 19.2 Å². The predicted octanol–water partition coefficient (Wildman–Crippen LogP) is 4.94. The fourth-order valence-corrected chi connectivity index (χ4v) is 4.76. The number of hydrogen-bond donors (Lipinski definition) is 1. The van der Waals surface area contributed by atoms with Crippen LogP contribution in [-0.2, 0) is 28.6 Å². The molecule has 0 bridgehead atoms. The molecule has 1 N–H and O–H groups in total. The molecule has 3 aromatic rings. The molecule has 0 aliphatic heterocycles. The zero-order valence-corrected chi connectivity index (χ0v) is 26.2. The van der Waals surface area contributed by atoms with Gasteiger partial charge in [-0.15, -0.1) is 0 Å². The van der Waals surface area contributed by atoms with Gasteiger partial charge in [0.05, 0.1) is 44.5 Å². The van der Waals surface area contributed by atoms with E-state index in [0.29, 0.717) is 29.2 Å². The Morgan fingerprint density at radius 1 is 0.723 bits per heavy atom. The molecule has 4 rings (SSSR count). The quantitative estimate of drug-likeness (QED) is 0.0745. The van der Waals surface area contributed by atoms with Crippen LogP contribution in [0.2, 0.25) is 0 Å². The molecule has 0 fully saturated rings. The lowest BCUT2D eigenvalue weighted by molar-refractivity contribution is -0.144. The second-order valence-electron chi connectivity index (χ2n) is 10.6. The number of carbonyl (C=O) groups is 4. The van der Waals surface area contributed by atoms with Crippen molar-refractivity contribution in [1.82, 2.24) is 0 Å². The molecule has 0 saturated heterocycles. The van der Waals surface area contributed by atoms with Crippen LogP contribution in [0.25, 0.3) is 11.1 Å². The highest BCUT2D eigenvalue weighted by Gasteiger charge is 2.27. The molecule has 0 aromatic heterocycles. The first-order chi connectivity index (χ1) is 22.6. The van der Waals surface area contributed by atoms with Gasteiger partial charge in [-0.1, -0.05) is 32.2 Å². The van der Waals surface area contributed by atoms with Gasteiger partial charge in [0.15, 0.2) is 0 Å². The minimum atomic E-state index is -0.666. The number of carbonyl (C=O) groups excluding carboxylic acids is 4. The standard InChI is InChI=1S/C36H36O11/c1-22(18-33(38)42-4)34(39)45-15-5-14-43-26-8-6-25(7-9-26)36(41)47-28-11-13-30-29-12-10-27(19-31(29)24(3)32(30)20-28)44-16-17-46-35(40)23(2)21-37/h6-13,19-20,24,37H,1-2,5,14-18,21H2,3-4H3. The van der Waals surface area contributed by atoms with Crippen molar-refractivity contribution in [3.8, 4) is 28.4 Å². The molecule has 1 atom stereocenters. The maximum absolute atomic E-state index is 12.9. The van der Waals surface area contributed by atoms with Gasteiger partial charge in [-0.05, 0) is 70.8 Å². The molecule has 3 aromatic carbocycles. The highest BCUT2D eigenvalue weighted by Crippen LogP contribution is 2.47. The van der Waals surface area contributed by atoms with Crippen molar-refractivity contribution < 1.29 is 52.7 Å². The summed E-state index contributed by atoms with van der Waals surface area (Å²) < 4.78 is 31.7. The highest BCUT2D eigenvalue weighted by atomic mass is 16.6. The number of benzene rings is 3. The van der Waals surface area contributed by atoms with Crippen LogP contribution in [-0.4, -0.2) is 69.1 Å². The van der Waals surface area contributed by atoms with Gasteiger partial charge in [0.25, 0.3) is 0 Å². The van der Waals surface area contributed by atoms with E-state index in [-0.39, 0.29) is 49.9 Å². The molecule has 0 spiro atoms. The van der Waals surface area contributed by atoms with Crippen LogP contribution in [0.4, 0.5) is 0 Å². The summed E-state index contributed by atoms with van der Waals surface area (Å²) in [7, 11) is 1.23. The normalized spacial score (nSPS) is 12.6. The Labute approximate surface area is 272 Å². The Bertz CT molecular complexity index is 1660. The highest BCUT2D eigenvalue weighted by molar-refractivity contribution is 5.93. The second kappa shape index (κ2) is 16.2. The van der Waals surface area contributed by atoms with E-state index in [1.807, 2.05) is 30.3 Å². The first kappa shape index (κ1) is 34.5. The molecular weight excluding hydrogens is 608 g/mol. The lowest BCUT2D eigenvalue weighted by Gasteiger charge is -2.11. The van der Waals surface area contributed by atoms with Gasteiger partial charge in [-0.25, -0.2) is 14.4 Å². The summed E-state index contributed by atoms with van der Waals surface area (Å²) in [6.07, 6.45) is 0.183. The molecule has 246 valence electrons. The fourth-order valence-electron chi connectivity index (χ4n) is 4.76. The summed E-state index contributed by atoms with van der Waals surface area (Å²) >= 11 is 0. The first-order valence-electron chi connectivity index (χ1n) is 14.8. The zero-order chi connectivity index (χ0) is 33.9. The van der Waals surface area contributed by atoms with Gasteiger partial charge in [-0.3, -0.25) is 4.79 Å². The van der Waals surface area contributed by atoms with Crippen LogP contribution in [0.5, 0.6) is 17.2 Å². The zero-order valence-electron chi connectivity index (χ0n) is 26.2. The summed E-state index contributed by atoms with van der Waals surface area (Å²) in [5.74, 6) is -0.817. The number of esters is 4. The number of aliphatic hydroxyl groups excluding tert-OH is 1. The van der Waals surface area contributed by atoms with E-state index in [0.717, 1.165) is 22.3 Å². The average molecular weight is 645 g/mol. The predicted molar refractivity (Wildman–Crippen MR) is 170 cm³/mol. The second-order valence-corrected chi connectivity index (χ2v) is 10.6. The summed E-state index contributed by atoms with van der Waals surface area (Å²) in [5, 5.41) is 8.95. The maximum atomic E-state index is 12.9. The van der Waals surface area contributed by atoms with Crippen molar-refractivity contribution in [2.24, 2.45) is 0 Å². The van der Waals surface area contributed by atoms with Gasteiger partial charge < -0.3 is 33.5 Å². The summed E-state index contributed by atoms with van der Waals surface area (Å²) in [6.45, 7) is 9.07. The van der Waals surface area contributed by atoms with Crippen LogP contribution < -0.4 is 14.2 Å². The van der Waals surface area contributed by atoms with Crippen molar-refractivity contribution >= 4 is 23.9 Å². The van der Waals surface area contributed by atoms with Crippen LogP contribution >= 0.6 is 0 Å². The van der Waals surface area contributed by atoms with E-state index < -0.39 is 30.5 Å².